The Morgan fingerprint density at radius 2 is 2.06 bits per heavy atom. The number of nitrogens with one attached hydrogen (secondary N) is 2. The van der Waals surface area contributed by atoms with Gasteiger partial charge in [-0.3, -0.25) is 5.43 Å². The molecule has 2 rings (SSSR count). The molecule has 0 radical (unpaired) electrons. The van der Waals surface area contributed by atoms with Gasteiger partial charge in [-0.25, -0.2) is 0 Å². The summed E-state index contributed by atoms with van der Waals surface area (Å²) in [6, 6.07) is 5.20. The third-order valence-electron chi connectivity index (χ3n) is 2.43. The highest BCUT2D eigenvalue weighted by molar-refractivity contribution is 9.10. The van der Waals surface area contributed by atoms with Crippen molar-refractivity contribution in [2.45, 2.75) is 19.2 Å². The fourth-order valence-electron chi connectivity index (χ4n) is 1.44. The summed E-state index contributed by atoms with van der Waals surface area (Å²) < 4.78 is 43.1. The average molecular weight is 323 g/mol. The number of hydrogen-bond donors (Lipinski definition) is 2. The predicted octanol–water partition coefficient (Wildman–Crippen LogP) is 1.33. The van der Waals surface area contributed by atoms with Gasteiger partial charge in [-0.1, -0.05) is 15.9 Å². The van der Waals surface area contributed by atoms with E-state index >= 15 is 0 Å². The predicted molar refractivity (Wildman–Crippen MR) is 64.1 cm³/mol. The zero-order chi connectivity index (χ0) is 13.3. The van der Waals surface area contributed by atoms with Gasteiger partial charge in [-0.05, 0) is 25.1 Å². The summed E-state index contributed by atoms with van der Waals surface area (Å²) in [5.41, 5.74) is 5.22. The number of hydrogen-bond acceptors (Lipinski definition) is 3. The molecule has 2 N–H and O–H groups in total. The van der Waals surface area contributed by atoms with Gasteiger partial charge in [0.25, 0.3) is 0 Å². The van der Waals surface area contributed by atoms with Crippen molar-refractivity contribution in [3.05, 3.63) is 33.1 Å². The first-order valence-electron chi connectivity index (χ1n) is 5.13. The Kier molecular flexibility index (Phi) is 3.43. The van der Waals surface area contributed by atoms with Gasteiger partial charge in [0.15, 0.2) is 6.10 Å². The van der Waals surface area contributed by atoms with Crippen molar-refractivity contribution < 1.29 is 17.9 Å². The fourth-order valence-corrected chi connectivity index (χ4v) is 1.82. The molecule has 1 unspecified atom stereocenters. The van der Waals surface area contributed by atoms with Crippen LogP contribution >= 0.6 is 15.9 Å². The second-order valence-electron chi connectivity index (χ2n) is 3.78. The van der Waals surface area contributed by atoms with Crippen LogP contribution in [0.5, 0.6) is 0 Å². The molecule has 1 atom stereocenters. The van der Waals surface area contributed by atoms with E-state index in [0.717, 1.165) is 16.6 Å². The van der Waals surface area contributed by atoms with E-state index in [9.17, 15) is 13.2 Å². The molecule has 0 aliphatic carbocycles. The monoisotopic (exact) mass is 322 g/mol. The fraction of sp³-hybridized carbons (Fsp3) is 0.273. The first-order chi connectivity index (χ1) is 8.38. The molecule has 0 bridgehead atoms. The first-order valence-corrected chi connectivity index (χ1v) is 5.92. The Labute approximate surface area is 109 Å². The summed E-state index contributed by atoms with van der Waals surface area (Å²) in [7, 11) is 0. The van der Waals surface area contributed by atoms with Gasteiger partial charge in [0, 0.05) is 21.1 Å². The summed E-state index contributed by atoms with van der Waals surface area (Å²) >= 11 is 3.29. The third kappa shape index (κ3) is 2.72. The van der Waals surface area contributed by atoms with Crippen molar-refractivity contribution in [2.75, 3.05) is 0 Å². The van der Waals surface area contributed by atoms with Crippen molar-refractivity contribution in [1.82, 2.24) is 10.9 Å². The van der Waals surface area contributed by atoms with Crippen molar-refractivity contribution in [3.63, 3.8) is 0 Å². The van der Waals surface area contributed by atoms with Gasteiger partial charge in [0.05, 0.1) is 0 Å². The SMILES string of the molecule is CC(OC1=c2ccc(Br)cc2=CNN1)C(F)(F)F. The molecule has 0 aromatic heterocycles. The number of fused-ring (bicyclic) bond motifs is 1. The second-order valence-corrected chi connectivity index (χ2v) is 4.69. The maximum Gasteiger partial charge on any atom is 0.425 e. The third-order valence-corrected chi connectivity index (χ3v) is 2.92. The van der Waals surface area contributed by atoms with E-state index in [-0.39, 0.29) is 5.88 Å². The van der Waals surface area contributed by atoms with E-state index in [1.807, 2.05) is 0 Å². The smallest absolute Gasteiger partial charge is 0.425 e. The average Bonchev–Trinajstić information content (AvgIpc) is 2.27. The Balaban J connectivity index is 2.41. The number of alkyl halides is 3. The van der Waals surface area contributed by atoms with Gasteiger partial charge in [0.2, 0.25) is 5.88 Å². The molecule has 7 heteroatoms. The van der Waals surface area contributed by atoms with Gasteiger partial charge in [-0.15, -0.1) is 0 Å². The number of hydrazine groups is 1. The molecule has 1 aromatic rings. The number of ether oxygens (including phenoxy) is 1. The Morgan fingerprint density at radius 1 is 1.33 bits per heavy atom. The van der Waals surface area contributed by atoms with E-state index in [2.05, 4.69) is 26.8 Å². The standard InChI is InChI=1S/C11H10BrF3N2O/c1-6(11(13,14)15)18-10-9-3-2-8(12)4-7(9)5-16-17-10/h2-6,16-17H,1H3. The topological polar surface area (TPSA) is 33.3 Å². The Bertz CT molecular complexity index is 571. The maximum atomic E-state index is 12.4. The van der Waals surface area contributed by atoms with Gasteiger partial charge in [0.1, 0.15) is 0 Å². The van der Waals surface area contributed by atoms with Crippen molar-refractivity contribution in [3.8, 4) is 0 Å². The van der Waals surface area contributed by atoms with Crippen molar-refractivity contribution in [1.29, 1.82) is 0 Å². The molecule has 0 fully saturated rings. The normalized spacial score (nSPS) is 15.9. The van der Waals surface area contributed by atoms with Crippen molar-refractivity contribution >= 4 is 28.0 Å². The van der Waals surface area contributed by atoms with E-state index in [1.165, 1.54) is 0 Å². The van der Waals surface area contributed by atoms with Crippen LogP contribution in [0, 0.1) is 0 Å². The van der Waals surface area contributed by atoms with Crippen LogP contribution in [-0.4, -0.2) is 12.3 Å². The van der Waals surface area contributed by atoms with Crippen LogP contribution in [0.3, 0.4) is 0 Å². The van der Waals surface area contributed by atoms with Crippen LogP contribution in [0.4, 0.5) is 13.2 Å². The van der Waals surface area contributed by atoms with E-state index < -0.39 is 12.3 Å². The van der Waals surface area contributed by atoms with Gasteiger partial charge < -0.3 is 10.2 Å². The molecule has 18 heavy (non-hydrogen) atoms. The molecular formula is C11H10BrF3N2O. The van der Waals surface area contributed by atoms with Crippen LogP contribution in [0.2, 0.25) is 0 Å². The number of rotatable bonds is 2. The highest BCUT2D eigenvalue weighted by atomic mass is 79.9. The van der Waals surface area contributed by atoms with Crippen LogP contribution < -0.4 is 21.3 Å². The van der Waals surface area contributed by atoms with Crippen LogP contribution in [0.15, 0.2) is 22.7 Å². The quantitative estimate of drug-likeness (QED) is 0.862. The Hall–Kier alpha value is -1.37. The second kappa shape index (κ2) is 4.72. The van der Waals surface area contributed by atoms with Gasteiger partial charge in [-0.2, -0.15) is 13.2 Å². The highest BCUT2D eigenvalue weighted by Gasteiger charge is 2.38. The molecule has 0 saturated heterocycles. The maximum absolute atomic E-state index is 12.4. The number of halogens is 4. The minimum atomic E-state index is -4.40. The van der Waals surface area contributed by atoms with Crippen LogP contribution in [0.25, 0.3) is 12.1 Å². The zero-order valence-electron chi connectivity index (χ0n) is 9.31. The lowest BCUT2D eigenvalue weighted by Crippen LogP contribution is -2.46. The molecule has 0 spiro atoms. The lowest BCUT2D eigenvalue weighted by Gasteiger charge is -2.22. The summed E-state index contributed by atoms with van der Waals surface area (Å²) in [6.07, 6.45) is -4.63. The minimum absolute atomic E-state index is 0.0600. The lowest BCUT2D eigenvalue weighted by molar-refractivity contribution is -0.197. The van der Waals surface area contributed by atoms with Crippen LogP contribution in [-0.2, 0) is 4.74 Å². The van der Waals surface area contributed by atoms with Gasteiger partial charge >= 0.3 is 6.18 Å². The molecule has 0 amide bonds. The summed E-state index contributed by atoms with van der Waals surface area (Å²) in [5, 5.41) is 1.32. The molecule has 3 nitrogen and oxygen atoms in total. The molecule has 1 heterocycles. The zero-order valence-corrected chi connectivity index (χ0v) is 10.9. The summed E-state index contributed by atoms with van der Waals surface area (Å²) in [6.45, 7) is 0.964. The minimum Gasteiger partial charge on any atom is -0.465 e. The van der Waals surface area contributed by atoms with E-state index in [4.69, 9.17) is 4.74 Å². The summed E-state index contributed by atoms with van der Waals surface area (Å²) in [4.78, 5) is 0. The molecule has 98 valence electrons. The summed E-state index contributed by atoms with van der Waals surface area (Å²) in [5.74, 6) is 0.0600. The number of benzene rings is 1. The largest absolute Gasteiger partial charge is 0.465 e. The lowest BCUT2D eigenvalue weighted by atomic mass is 10.2. The van der Waals surface area contributed by atoms with E-state index in [0.29, 0.717) is 5.22 Å². The Morgan fingerprint density at radius 3 is 2.72 bits per heavy atom. The molecule has 1 aromatic carbocycles. The van der Waals surface area contributed by atoms with Crippen molar-refractivity contribution in [2.24, 2.45) is 0 Å². The molecule has 1 aliphatic rings. The molecule has 1 aliphatic heterocycles. The van der Waals surface area contributed by atoms with E-state index in [1.54, 1.807) is 24.4 Å². The first kappa shape index (κ1) is 13.1. The highest BCUT2D eigenvalue weighted by Crippen LogP contribution is 2.23. The molecular weight excluding hydrogens is 313 g/mol. The molecule has 0 saturated carbocycles. The van der Waals surface area contributed by atoms with Crippen LogP contribution in [0.1, 0.15) is 6.92 Å².